The van der Waals surface area contributed by atoms with Crippen LogP contribution in [0.1, 0.15) is 35.6 Å². The van der Waals surface area contributed by atoms with Gasteiger partial charge in [-0.15, -0.1) is 0 Å². The van der Waals surface area contributed by atoms with E-state index in [4.69, 9.17) is 9.26 Å². The van der Waals surface area contributed by atoms with Gasteiger partial charge in [0.15, 0.2) is 5.76 Å². The van der Waals surface area contributed by atoms with Crippen molar-refractivity contribution in [2.45, 2.75) is 33.5 Å². The molecule has 1 aromatic heterocycles. The molecule has 2 aromatic rings. The average Bonchev–Trinajstić information content (AvgIpc) is 2.73. The van der Waals surface area contributed by atoms with Crippen LogP contribution in [-0.4, -0.2) is 10.3 Å². The van der Waals surface area contributed by atoms with Gasteiger partial charge in [-0.25, -0.2) is 0 Å². The number of nitrogens with zero attached hydrogens (tertiary/aromatic N) is 1. The summed E-state index contributed by atoms with van der Waals surface area (Å²) in [4.78, 5) is 0. The maximum Gasteiger partial charge on any atom is 0.174 e. The smallest absolute Gasteiger partial charge is 0.174 e. The van der Waals surface area contributed by atoms with Crippen LogP contribution >= 0.6 is 0 Å². The molecule has 4 heteroatoms. The second kappa shape index (κ2) is 5.23. The van der Waals surface area contributed by atoms with Crippen LogP contribution in [0.3, 0.4) is 0 Å². The standard InChI is InChI=1S/C14H17NO3/c1-9-6-12(11(3)16)4-5-14(9)17-8-13-7-10(2)15-18-13/h4-7,11,16H,8H2,1-3H3/t11-/m1/s1. The Hall–Kier alpha value is -1.81. The Labute approximate surface area is 106 Å². The van der Waals surface area contributed by atoms with Crippen molar-refractivity contribution in [3.05, 3.63) is 46.8 Å². The largest absolute Gasteiger partial charge is 0.485 e. The van der Waals surface area contributed by atoms with Crippen molar-refractivity contribution in [3.8, 4) is 5.75 Å². The topological polar surface area (TPSA) is 55.5 Å². The zero-order chi connectivity index (χ0) is 13.1. The molecule has 1 heterocycles. The van der Waals surface area contributed by atoms with E-state index in [0.29, 0.717) is 12.4 Å². The fraction of sp³-hybridized carbons (Fsp3) is 0.357. The van der Waals surface area contributed by atoms with Gasteiger partial charge in [-0.2, -0.15) is 0 Å². The Kier molecular flexibility index (Phi) is 3.67. The molecular formula is C14H17NO3. The highest BCUT2D eigenvalue weighted by atomic mass is 16.5. The van der Waals surface area contributed by atoms with Gasteiger partial charge in [0.2, 0.25) is 0 Å². The average molecular weight is 247 g/mol. The Morgan fingerprint density at radius 3 is 2.67 bits per heavy atom. The van der Waals surface area contributed by atoms with Crippen LogP contribution in [0.4, 0.5) is 0 Å². The van der Waals surface area contributed by atoms with E-state index < -0.39 is 6.10 Å². The molecule has 1 atom stereocenters. The molecule has 0 aliphatic carbocycles. The van der Waals surface area contributed by atoms with E-state index in [2.05, 4.69) is 5.16 Å². The Bertz CT molecular complexity index is 532. The van der Waals surface area contributed by atoms with Crippen molar-refractivity contribution in [3.63, 3.8) is 0 Å². The molecule has 0 amide bonds. The molecule has 0 aliphatic rings. The third kappa shape index (κ3) is 2.90. The number of aryl methyl sites for hydroxylation is 2. The van der Waals surface area contributed by atoms with E-state index in [0.717, 1.165) is 22.6 Å². The van der Waals surface area contributed by atoms with Gasteiger partial charge >= 0.3 is 0 Å². The van der Waals surface area contributed by atoms with Crippen molar-refractivity contribution in [1.29, 1.82) is 0 Å². The molecule has 0 saturated heterocycles. The van der Waals surface area contributed by atoms with Crippen molar-refractivity contribution in [2.24, 2.45) is 0 Å². The minimum atomic E-state index is -0.463. The van der Waals surface area contributed by atoms with Gasteiger partial charge < -0.3 is 14.4 Å². The first-order valence-corrected chi connectivity index (χ1v) is 5.90. The highest BCUT2D eigenvalue weighted by Crippen LogP contribution is 2.23. The van der Waals surface area contributed by atoms with Crippen molar-refractivity contribution >= 4 is 0 Å². The number of aliphatic hydroxyl groups is 1. The van der Waals surface area contributed by atoms with Gasteiger partial charge in [0.05, 0.1) is 11.8 Å². The third-order valence-electron chi connectivity index (χ3n) is 2.73. The highest BCUT2D eigenvalue weighted by molar-refractivity contribution is 5.37. The summed E-state index contributed by atoms with van der Waals surface area (Å²) in [5, 5.41) is 13.3. The number of hydrogen-bond acceptors (Lipinski definition) is 4. The molecule has 0 unspecified atom stereocenters. The minimum Gasteiger partial charge on any atom is -0.485 e. The number of rotatable bonds is 4. The number of aromatic nitrogens is 1. The molecule has 0 bridgehead atoms. The lowest BCUT2D eigenvalue weighted by atomic mass is 10.1. The molecular weight excluding hydrogens is 230 g/mol. The van der Waals surface area contributed by atoms with Gasteiger partial charge in [0, 0.05) is 6.07 Å². The van der Waals surface area contributed by atoms with Crippen LogP contribution in [0, 0.1) is 13.8 Å². The molecule has 0 spiro atoms. The number of hydrogen-bond donors (Lipinski definition) is 1. The van der Waals surface area contributed by atoms with Gasteiger partial charge in [-0.1, -0.05) is 11.2 Å². The predicted molar refractivity (Wildman–Crippen MR) is 67.4 cm³/mol. The van der Waals surface area contributed by atoms with Crippen molar-refractivity contribution in [1.82, 2.24) is 5.16 Å². The summed E-state index contributed by atoms with van der Waals surface area (Å²) in [6.45, 7) is 5.92. The number of benzene rings is 1. The van der Waals surface area contributed by atoms with Gasteiger partial charge in [-0.3, -0.25) is 0 Å². The van der Waals surface area contributed by atoms with E-state index in [9.17, 15) is 5.11 Å². The van der Waals surface area contributed by atoms with Gasteiger partial charge in [0.25, 0.3) is 0 Å². The maximum absolute atomic E-state index is 9.49. The van der Waals surface area contributed by atoms with Crippen molar-refractivity contribution in [2.75, 3.05) is 0 Å². The summed E-state index contributed by atoms with van der Waals surface area (Å²) in [7, 11) is 0. The second-order valence-corrected chi connectivity index (χ2v) is 4.42. The monoisotopic (exact) mass is 247 g/mol. The molecule has 96 valence electrons. The van der Waals surface area contributed by atoms with Gasteiger partial charge in [0.1, 0.15) is 12.4 Å². The van der Waals surface area contributed by atoms with Crippen LogP contribution in [0.2, 0.25) is 0 Å². The molecule has 4 nitrogen and oxygen atoms in total. The van der Waals surface area contributed by atoms with E-state index >= 15 is 0 Å². The first-order chi connectivity index (χ1) is 8.56. The lowest BCUT2D eigenvalue weighted by Crippen LogP contribution is -1.98. The lowest BCUT2D eigenvalue weighted by Gasteiger charge is -2.10. The van der Waals surface area contributed by atoms with E-state index in [1.54, 1.807) is 6.92 Å². The van der Waals surface area contributed by atoms with Crippen LogP contribution < -0.4 is 4.74 Å². The van der Waals surface area contributed by atoms with E-state index in [-0.39, 0.29) is 0 Å². The molecule has 0 saturated carbocycles. The van der Waals surface area contributed by atoms with Crippen LogP contribution in [0.5, 0.6) is 5.75 Å². The second-order valence-electron chi connectivity index (χ2n) is 4.42. The minimum absolute atomic E-state index is 0.357. The first kappa shape index (κ1) is 12.6. The molecule has 0 fully saturated rings. The third-order valence-corrected chi connectivity index (χ3v) is 2.73. The Morgan fingerprint density at radius 2 is 2.11 bits per heavy atom. The highest BCUT2D eigenvalue weighted by Gasteiger charge is 2.07. The zero-order valence-electron chi connectivity index (χ0n) is 10.8. The van der Waals surface area contributed by atoms with Crippen molar-refractivity contribution < 1.29 is 14.4 Å². The van der Waals surface area contributed by atoms with Crippen LogP contribution in [-0.2, 0) is 6.61 Å². The number of aliphatic hydroxyl groups excluding tert-OH is 1. The zero-order valence-corrected chi connectivity index (χ0v) is 10.8. The molecule has 0 aliphatic heterocycles. The molecule has 2 rings (SSSR count). The molecule has 1 N–H and O–H groups in total. The summed E-state index contributed by atoms with van der Waals surface area (Å²) in [5.74, 6) is 1.49. The summed E-state index contributed by atoms with van der Waals surface area (Å²) < 4.78 is 10.7. The van der Waals surface area contributed by atoms with Crippen LogP contribution in [0.15, 0.2) is 28.8 Å². The fourth-order valence-electron chi connectivity index (χ4n) is 1.73. The summed E-state index contributed by atoms with van der Waals surface area (Å²) in [6, 6.07) is 7.49. The Morgan fingerprint density at radius 1 is 1.33 bits per heavy atom. The fourth-order valence-corrected chi connectivity index (χ4v) is 1.73. The summed E-state index contributed by atoms with van der Waals surface area (Å²) in [6.07, 6.45) is -0.463. The predicted octanol–water partition coefficient (Wildman–Crippen LogP) is 2.92. The lowest BCUT2D eigenvalue weighted by molar-refractivity contribution is 0.199. The van der Waals surface area contributed by atoms with Gasteiger partial charge in [-0.05, 0) is 44.0 Å². The summed E-state index contributed by atoms with van der Waals surface area (Å²) >= 11 is 0. The molecule has 0 radical (unpaired) electrons. The summed E-state index contributed by atoms with van der Waals surface area (Å²) in [5.41, 5.74) is 2.72. The molecule has 18 heavy (non-hydrogen) atoms. The quantitative estimate of drug-likeness (QED) is 0.902. The van der Waals surface area contributed by atoms with E-state index in [1.807, 2.05) is 38.1 Å². The SMILES string of the molecule is Cc1cc(COc2ccc([C@@H](C)O)cc2C)on1. The maximum atomic E-state index is 9.49. The first-order valence-electron chi connectivity index (χ1n) is 5.90. The Balaban J connectivity index is 2.05. The van der Waals surface area contributed by atoms with E-state index in [1.165, 1.54) is 0 Å². The van der Waals surface area contributed by atoms with Crippen LogP contribution in [0.25, 0.3) is 0 Å². The number of ether oxygens (including phenoxy) is 1. The molecule has 1 aromatic carbocycles. The normalized spacial score (nSPS) is 12.4.